The lowest BCUT2D eigenvalue weighted by Crippen LogP contribution is -3.00. The third-order valence-corrected chi connectivity index (χ3v) is 8.06. The van der Waals surface area contributed by atoms with E-state index < -0.39 is 0 Å². The number of amides is 1. The summed E-state index contributed by atoms with van der Waals surface area (Å²) in [6.45, 7) is 5.76. The summed E-state index contributed by atoms with van der Waals surface area (Å²) in [4.78, 5) is 12.9. The van der Waals surface area contributed by atoms with Gasteiger partial charge in [0.2, 0.25) is 5.51 Å². The SMILES string of the molecule is CCCCCCCCCCCCCCOc1c(Cl)cccc1NC(=O)c1ccc(C[n+]2cscc2C)cc1.[Br-]. The Morgan fingerprint density at radius 2 is 1.51 bits per heavy atom. The molecule has 7 heteroatoms. The van der Waals surface area contributed by atoms with Gasteiger partial charge in [-0.25, -0.2) is 0 Å². The van der Waals surface area contributed by atoms with Gasteiger partial charge in [-0.3, -0.25) is 4.79 Å². The maximum Gasteiger partial charge on any atom is 0.255 e. The molecule has 0 radical (unpaired) electrons. The number of para-hydroxylation sites is 1. The van der Waals surface area contributed by atoms with Crippen molar-refractivity contribution in [2.45, 2.75) is 97.4 Å². The van der Waals surface area contributed by atoms with Gasteiger partial charge in [0.05, 0.1) is 22.7 Å². The second kappa shape index (κ2) is 19.2. The van der Waals surface area contributed by atoms with Crippen LogP contribution in [0.3, 0.4) is 0 Å². The Hall–Kier alpha value is -1.89. The summed E-state index contributed by atoms with van der Waals surface area (Å²) >= 11 is 8.12. The van der Waals surface area contributed by atoms with Gasteiger partial charge in [0.15, 0.2) is 18.0 Å². The fourth-order valence-electron chi connectivity index (χ4n) is 4.54. The van der Waals surface area contributed by atoms with Gasteiger partial charge in [-0.2, -0.15) is 4.57 Å². The summed E-state index contributed by atoms with van der Waals surface area (Å²) in [6.07, 6.45) is 15.6. The van der Waals surface area contributed by atoms with Gasteiger partial charge in [-0.1, -0.05) is 119 Å². The lowest BCUT2D eigenvalue weighted by Gasteiger charge is -2.14. The summed E-state index contributed by atoms with van der Waals surface area (Å²) in [5, 5.41) is 5.63. The van der Waals surface area contributed by atoms with E-state index in [1.54, 1.807) is 17.4 Å². The molecule has 0 bridgehead atoms. The molecule has 1 N–H and O–H groups in total. The van der Waals surface area contributed by atoms with E-state index in [1.807, 2.05) is 36.4 Å². The van der Waals surface area contributed by atoms with Crippen molar-refractivity contribution in [3.05, 3.63) is 75.2 Å². The van der Waals surface area contributed by atoms with Crippen molar-refractivity contribution in [1.82, 2.24) is 0 Å². The standard InChI is InChI=1S/C32H43ClN2O2S.BrH/c1-3-4-5-6-7-8-9-10-11-12-13-14-22-37-31-29(33)16-15-17-30(31)34-32(36)28-20-18-27(19-21-28)23-35-25-38-24-26(35)2;/h15-21,24-25H,3-14,22-23H2,1-2H3;1H. The Morgan fingerprint density at radius 3 is 2.10 bits per heavy atom. The monoisotopic (exact) mass is 634 g/mol. The molecule has 3 rings (SSSR count). The largest absolute Gasteiger partial charge is 1.00 e. The summed E-state index contributed by atoms with van der Waals surface area (Å²) in [5.41, 5.74) is 5.70. The minimum Gasteiger partial charge on any atom is -1.00 e. The van der Waals surface area contributed by atoms with Gasteiger partial charge >= 0.3 is 0 Å². The van der Waals surface area contributed by atoms with Crippen LogP contribution in [0.15, 0.2) is 53.4 Å². The van der Waals surface area contributed by atoms with Gasteiger partial charge in [-0.15, -0.1) is 0 Å². The quantitative estimate of drug-likeness (QED) is 0.130. The molecular formula is C32H44BrClN2O2S. The number of benzene rings is 2. The fraction of sp³-hybridized carbons (Fsp3) is 0.500. The van der Waals surface area contributed by atoms with E-state index in [1.165, 1.54) is 69.9 Å². The van der Waals surface area contributed by atoms with Crippen LogP contribution in [-0.4, -0.2) is 12.5 Å². The van der Waals surface area contributed by atoms with Crippen molar-refractivity contribution in [2.24, 2.45) is 0 Å². The van der Waals surface area contributed by atoms with Crippen molar-refractivity contribution in [2.75, 3.05) is 11.9 Å². The number of aromatic nitrogens is 1. The Kier molecular flexibility index (Phi) is 16.4. The summed E-state index contributed by atoms with van der Waals surface area (Å²) in [6, 6.07) is 13.2. The zero-order chi connectivity index (χ0) is 27.0. The van der Waals surface area contributed by atoms with Gasteiger partial charge < -0.3 is 27.0 Å². The molecule has 214 valence electrons. The zero-order valence-electron chi connectivity index (χ0n) is 23.5. The molecule has 0 fully saturated rings. The molecule has 4 nitrogen and oxygen atoms in total. The molecule has 1 heterocycles. The number of nitrogens with zero attached hydrogens (tertiary/aromatic N) is 1. The minimum absolute atomic E-state index is 0. The lowest BCUT2D eigenvalue weighted by molar-refractivity contribution is -0.689. The van der Waals surface area contributed by atoms with Crippen molar-refractivity contribution in [1.29, 1.82) is 0 Å². The van der Waals surface area contributed by atoms with Gasteiger partial charge in [0.1, 0.15) is 0 Å². The number of carbonyl (C=O) groups is 1. The Labute approximate surface area is 254 Å². The number of hydrogen-bond acceptors (Lipinski definition) is 3. The van der Waals surface area contributed by atoms with E-state index in [9.17, 15) is 4.79 Å². The molecule has 0 aliphatic rings. The summed E-state index contributed by atoms with van der Waals surface area (Å²) in [5.74, 6) is 0.375. The van der Waals surface area contributed by atoms with Crippen LogP contribution in [-0.2, 0) is 6.54 Å². The maximum absolute atomic E-state index is 12.9. The Bertz CT molecular complexity index is 1100. The molecule has 1 amide bonds. The van der Waals surface area contributed by atoms with Crippen LogP contribution in [0.1, 0.15) is 106 Å². The molecule has 0 saturated carbocycles. The van der Waals surface area contributed by atoms with Gasteiger partial charge in [-0.05, 0) is 30.7 Å². The second-order valence-corrected chi connectivity index (χ2v) is 11.3. The van der Waals surface area contributed by atoms with E-state index in [0.717, 1.165) is 24.9 Å². The number of anilines is 1. The van der Waals surface area contributed by atoms with Crippen LogP contribution in [0.4, 0.5) is 5.69 Å². The predicted octanol–water partition coefficient (Wildman–Crippen LogP) is 6.38. The number of hydrogen-bond donors (Lipinski definition) is 1. The van der Waals surface area contributed by atoms with E-state index in [2.05, 4.69) is 34.6 Å². The highest BCUT2D eigenvalue weighted by Gasteiger charge is 2.14. The number of unbranched alkanes of at least 4 members (excludes halogenated alkanes) is 11. The average Bonchev–Trinajstić information content (AvgIpc) is 3.32. The van der Waals surface area contributed by atoms with Crippen molar-refractivity contribution >= 4 is 34.5 Å². The molecule has 3 aromatic rings. The van der Waals surface area contributed by atoms with Crippen LogP contribution >= 0.6 is 22.9 Å². The Balaban J connectivity index is 0.00000533. The number of aryl methyl sites for hydroxylation is 1. The number of rotatable bonds is 18. The van der Waals surface area contributed by atoms with Crippen LogP contribution in [0.25, 0.3) is 0 Å². The number of thiazole rings is 1. The number of halogens is 2. The first-order chi connectivity index (χ1) is 18.6. The third kappa shape index (κ3) is 12.0. The topological polar surface area (TPSA) is 42.2 Å². The normalized spacial score (nSPS) is 10.7. The minimum atomic E-state index is -0.173. The van der Waals surface area contributed by atoms with Crippen LogP contribution in [0, 0.1) is 6.92 Å². The van der Waals surface area contributed by atoms with Crippen molar-refractivity contribution in [3.8, 4) is 5.75 Å². The molecule has 0 atom stereocenters. The average molecular weight is 636 g/mol. The lowest BCUT2D eigenvalue weighted by atomic mass is 10.1. The first-order valence-electron chi connectivity index (χ1n) is 14.3. The molecule has 1 aromatic heterocycles. The van der Waals surface area contributed by atoms with E-state index in [-0.39, 0.29) is 22.9 Å². The maximum atomic E-state index is 12.9. The fourth-order valence-corrected chi connectivity index (χ4v) is 5.55. The van der Waals surface area contributed by atoms with Crippen LogP contribution < -0.4 is 31.6 Å². The third-order valence-electron chi connectivity index (χ3n) is 6.91. The summed E-state index contributed by atoms with van der Waals surface area (Å²) in [7, 11) is 0. The van der Waals surface area contributed by atoms with Gasteiger partial charge in [0.25, 0.3) is 5.91 Å². The number of ether oxygens (including phenoxy) is 1. The van der Waals surface area contributed by atoms with E-state index in [4.69, 9.17) is 16.3 Å². The van der Waals surface area contributed by atoms with Crippen molar-refractivity contribution < 1.29 is 31.1 Å². The second-order valence-electron chi connectivity index (χ2n) is 10.1. The first kappa shape index (κ1) is 33.3. The highest BCUT2D eigenvalue weighted by molar-refractivity contribution is 7.07. The van der Waals surface area contributed by atoms with E-state index >= 15 is 0 Å². The van der Waals surface area contributed by atoms with Gasteiger partial charge in [0, 0.05) is 18.1 Å². The summed E-state index contributed by atoms with van der Waals surface area (Å²) < 4.78 is 8.24. The molecule has 0 saturated heterocycles. The zero-order valence-corrected chi connectivity index (χ0v) is 26.7. The predicted molar refractivity (Wildman–Crippen MR) is 161 cm³/mol. The molecule has 39 heavy (non-hydrogen) atoms. The first-order valence-corrected chi connectivity index (χ1v) is 15.6. The molecule has 0 aliphatic heterocycles. The molecule has 2 aromatic carbocycles. The molecular weight excluding hydrogens is 592 g/mol. The number of carbonyl (C=O) groups excluding carboxylic acids is 1. The van der Waals surface area contributed by atoms with Crippen LogP contribution in [0.5, 0.6) is 5.75 Å². The van der Waals surface area contributed by atoms with E-state index in [0.29, 0.717) is 28.6 Å². The molecule has 0 unspecified atom stereocenters. The number of nitrogens with one attached hydrogen (secondary N) is 1. The molecule has 0 aliphatic carbocycles. The molecule has 0 spiro atoms. The smallest absolute Gasteiger partial charge is 0.255 e. The highest BCUT2D eigenvalue weighted by Crippen LogP contribution is 2.33. The highest BCUT2D eigenvalue weighted by atomic mass is 79.9. The Morgan fingerprint density at radius 1 is 0.897 bits per heavy atom. The van der Waals surface area contributed by atoms with Crippen LogP contribution in [0.2, 0.25) is 5.02 Å². The van der Waals surface area contributed by atoms with Crippen molar-refractivity contribution in [3.63, 3.8) is 0 Å².